The summed E-state index contributed by atoms with van der Waals surface area (Å²) in [4.78, 5) is 0. The molecular weight excluding hydrogens is 244 g/mol. The van der Waals surface area contributed by atoms with E-state index < -0.39 is 18.5 Å². The van der Waals surface area contributed by atoms with Crippen molar-refractivity contribution < 1.29 is 14.6 Å². The van der Waals surface area contributed by atoms with Crippen molar-refractivity contribution in [3.63, 3.8) is 0 Å². The molecule has 0 saturated carbocycles. The Labute approximate surface area is 96.4 Å². The zero-order valence-corrected chi connectivity index (χ0v) is 9.19. The number of halogens is 3. The van der Waals surface area contributed by atoms with Crippen LogP contribution in [0.15, 0.2) is 12.1 Å². The average molecular weight is 254 g/mol. The quantitative estimate of drug-likeness (QED) is 0.719. The van der Waals surface area contributed by atoms with Gasteiger partial charge in [0, 0.05) is 6.54 Å². The molecule has 3 nitrogen and oxygen atoms in total. The molecule has 0 fully saturated rings. The maximum atomic E-state index is 13.2. The Bertz CT molecular complexity index is 349. The largest absolute Gasteiger partial charge is 0.394 e. The van der Waals surface area contributed by atoms with E-state index in [4.69, 9.17) is 33.4 Å². The summed E-state index contributed by atoms with van der Waals surface area (Å²) in [6.45, 7) is -0.416. The molecule has 15 heavy (non-hydrogen) atoms. The van der Waals surface area contributed by atoms with Crippen LogP contribution in [0.3, 0.4) is 0 Å². The summed E-state index contributed by atoms with van der Waals surface area (Å²) in [7, 11) is 0. The number of nitrogens with one attached hydrogen (secondary N) is 1. The van der Waals surface area contributed by atoms with E-state index in [0.29, 0.717) is 0 Å². The van der Waals surface area contributed by atoms with Crippen molar-refractivity contribution in [1.29, 1.82) is 0 Å². The molecule has 1 atom stereocenters. The van der Waals surface area contributed by atoms with E-state index in [1.165, 1.54) is 12.1 Å². The number of aliphatic hydroxyl groups is 2. The molecule has 0 spiro atoms. The Morgan fingerprint density at radius 2 is 2.07 bits per heavy atom. The van der Waals surface area contributed by atoms with Crippen molar-refractivity contribution in [3.05, 3.63) is 28.0 Å². The first kappa shape index (κ1) is 12.5. The highest BCUT2D eigenvalue weighted by Crippen LogP contribution is 2.32. The number of anilines is 1. The Balaban J connectivity index is 2.80. The summed E-state index contributed by atoms with van der Waals surface area (Å²) in [5.41, 5.74) is 0.0247. The van der Waals surface area contributed by atoms with E-state index in [-0.39, 0.29) is 22.3 Å². The number of hydrogen-bond acceptors (Lipinski definition) is 3. The van der Waals surface area contributed by atoms with Crippen molar-refractivity contribution in [2.45, 2.75) is 6.10 Å². The standard InChI is InChI=1S/C9H10Cl2FNO2/c10-6-1-2-7(12)9(8(6)11)13-3-5(15)4-14/h1-2,5,13-15H,3-4H2. The van der Waals surface area contributed by atoms with Crippen molar-refractivity contribution >= 4 is 28.9 Å². The van der Waals surface area contributed by atoms with Gasteiger partial charge in [0.2, 0.25) is 0 Å². The molecule has 0 aromatic heterocycles. The molecule has 0 aliphatic carbocycles. The zero-order chi connectivity index (χ0) is 11.4. The van der Waals surface area contributed by atoms with Gasteiger partial charge in [-0.05, 0) is 12.1 Å². The minimum Gasteiger partial charge on any atom is -0.394 e. The Hall–Kier alpha value is -0.550. The van der Waals surface area contributed by atoms with E-state index >= 15 is 0 Å². The Kier molecular flexibility index (Phi) is 4.60. The third-order valence-corrected chi connectivity index (χ3v) is 2.57. The van der Waals surface area contributed by atoms with Crippen LogP contribution in [0.4, 0.5) is 10.1 Å². The summed E-state index contributed by atoms with van der Waals surface area (Å²) in [5.74, 6) is -0.561. The SMILES string of the molecule is OCC(O)CNc1c(F)ccc(Cl)c1Cl. The van der Waals surface area contributed by atoms with Crippen molar-refractivity contribution in [3.8, 4) is 0 Å². The minimum atomic E-state index is -0.973. The van der Waals surface area contributed by atoms with Crippen LogP contribution < -0.4 is 5.32 Å². The number of aliphatic hydroxyl groups excluding tert-OH is 2. The first-order valence-electron chi connectivity index (χ1n) is 4.22. The van der Waals surface area contributed by atoms with Gasteiger partial charge in [0.1, 0.15) is 5.82 Å². The molecule has 0 aliphatic rings. The van der Waals surface area contributed by atoms with Gasteiger partial charge in [-0.2, -0.15) is 0 Å². The van der Waals surface area contributed by atoms with E-state index in [1.807, 2.05) is 0 Å². The summed E-state index contributed by atoms with van der Waals surface area (Å²) in [5, 5.41) is 20.5. The highest BCUT2D eigenvalue weighted by atomic mass is 35.5. The molecule has 1 rings (SSSR count). The van der Waals surface area contributed by atoms with Crippen LogP contribution in [-0.4, -0.2) is 29.5 Å². The lowest BCUT2D eigenvalue weighted by Gasteiger charge is -2.12. The van der Waals surface area contributed by atoms with Crippen LogP contribution in [0.25, 0.3) is 0 Å². The van der Waals surface area contributed by atoms with E-state index in [0.717, 1.165) is 0 Å². The molecule has 1 aromatic carbocycles. The molecule has 3 N–H and O–H groups in total. The van der Waals surface area contributed by atoms with Crippen LogP contribution in [0.5, 0.6) is 0 Å². The van der Waals surface area contributed by atoms with Gasteiger partial charge in [-0.15, -0.1) is 0 Å². The Morgan fingerprint density at radius 1 is 1.40 bits per heavy atom. The molecule has 6 heteroatoms. The van der Waals surface area contributed by atoms with E-state index in [2.05, 4.69) is 5.32 Å². The maximum Gasteiger partial charge on any atom is 0.147 e. The number of hydrogen-bond donors (Lipinski definition) is 3. The second-order valence-corrected chi connectivity index (χ2v) is 3.72. The molecule has 84 valence electrons. The highest BCUT2D eigenvalue weighted by molar-refractivity contribution is 6.43. The van der Waals surface area contributed by atoms with Crippen molar-refractivity contribution in [1.82, 2.24) is 0 Å². The second kappa shape index (κ2) is 5.51. The zero-order valence-electron chi connectivity index (χ0n) is 7.67. The third kappa shape index (κ3) is 3.21. The van der Waals surface area contributed by atoms with Crippen LogP contribution >= 0.6 is 23.2 Å². The van der Waals surface area contributed by atoms with Gasteiger partial charge in [0.25, 0.3) is 0 Å². The number of rotatable bonds is 4. The third-order valence-electron chi connectivity index (χ3n) is 1.77. The molecule has 1 aromatic rings. The van der Waals surface area contributed by atoms with Crippen molar-refractivity contribution in [2.24, 2.45) is 0 Å². The van der Waals surface area contributed by atoms with Gasteiger partial charge >= 0.3 is 0 Å². The molecule has 1 unspecified atom stereocenters. The van der Waals surface area contributed by atoms with Gasteiger partial charge in [0.15, 0.2) is 0 Å². The van der Waals surface area contributed by atoms with Gasteiger partial charge in [-0.25, -0.2) is 4.39 Å². The minimum absolute atomic E-state index is 0.00647. The Morgan fingerprint density at radius 3 is 2.67 bits per heavy atom. The molecule has 0 amide bonds. The van der Waals surface area contributed by atoms with E-state index in [9.17, 15) is 4.39 Å². The van der Waals surface area contributed by atoms with Gasteiger partial charge in [-0.1, -0.05) is 23.2 Å². The lowest BCUT2D eigenvalue weighted by molar-refractivity contribution is 0.105. The fourth-order valence-corrected chi connectivity index (χ4v) is 1.35. The fraction of sp³-hybridized carbons (Fsp3) is 0.333. The fourth-order valence-electron chi connectivity index (χ4n) is 0.974. The predicted molar refractivity (Wildman–Crippen MR) is 58.0 cm³/mol. The van der Waals surface area contributed by atoms with Crippen LogP contribution in [0, 0.1) is 5.82 Å². The summed E-state index contributed by atoms with van der Waals surface area (Å²) < 4.78 is 13.2. The summed E-state index contributed by atoms with van der Waals surface area (Å²) in [6, 6.07) is 2.51. The second-order valence-electron chi connectivity index (χ2n) is 2.94. The molecule has 0 aliphatic heterocycles. The smallest absolute Gasteiger partial charge is 0.147 e. The molecular formula is C9H10Cl2FNO2. The van der Waals surface area contributed by atoms with Crippen LogP contribution in [0.2, 0.25) is 10.0 Å². The van der Waals surface area contributed by atoms with Crippen molar-refractivity contribution in [2.75, 3.05) is 18.5 Å². The predicted octanol–water partition coefficient (Wildman–Crippen LogP) is 1.90. The molecule has 0 heterocycles. The monoisotopic (exact) mass is 253 g/mol. The molecule has 0 saturated heterocycles. The van der Waals surface area contributed by atoms with Gasteiger partial charge in [0.05, 0.1) is 28.4 Å². The van der Waals surface area contributed by atoms with Gasteiger partial charge in [-0.3, -0.25) is 0 Å². The average Bonchev–Trinajstić information content (AvgIpc) is 2.23. The topological polar surface area (TPSA) is 52.5 Å². The van der Waals surface area contributed by atoms with E-state index in [1.54, 1.807) is 0 Å². The van der Waals surface area contributed by atoms with Gasteiger partial charge < -0.3 is 15.5 Å². The highest BCUT2D eigenvalue weighted by Gasteiger charge is 2.11. The summed E-state index contributed by atoms with van der Waals surface area (Å²) in [6.07, 6.45) is -0.973. The molecule has 0 radical (unpaired) electrons. The summed E-state index contributed by atoms with van der Waals surface area (Å²) >= 11 is 11.4. The first-order valence-corrected chi connectivity index (χ1v) is 4.98. The first-order chi connectivity index (χ1) is 7.06. The molecule has 0 bridgehead atoms. The van der Waals surface area contributed by atoms with Crippen LogP contribution in [0.1, 0.15) is 0 Å². The normalized spacial score (nSPS) is 12.6. The lowest BCUT2D eigenvalue weighted by Crippen LogP contribution is -2.23. The van der Waals surface area contributed by atoms with Crippen LogP contribution in [-0.2, 0) is 0 Å². The lowest BCUT2D eigenvalue weighted by atomic mass is 10.3. The maximum absolute atomic E-state index is 13.2. The number of benzene rings is 1.